The van der Waals surface area contributed by atoms with Crippen LogP contribution < -0.4 is 5.32 Å². The van der Waals surface area contributed by atoms with Crippen LogP contribution in [-0.2, 0) is 0 Å². The second-order valence-corrected chi connectivity index (χ2v) is 6.51. The summed E-state index contributed by atoms with van der Waals surface area (Å²) in [4.78, 5) is 0. The van der Waals surface area contributed by atoms with E-state index in [9.17, 15) is 0 Å². The number of benzene rings is 1. The van der Waals surface area contributed by atoms with Crippen LogP contribution in [0.1, 0.15) is 82.4 Å². The van der Waals surface area contributed by atoms with Gasteiger partial charge in [-0.3, -0.25) is 0 Å². The maximum absolute atomic E-state index is 3.79. The quantitative estimate of drug-likeness (QED) is 0.666. The maximum atomic E-state index is 3.79. The lowest BCUT2D eigenvalue weighted by Gasteiger charge is -2.31. The molecule has 1 saturated carbocycles. The summed E-state index contributed by atoms with van der Waals surface area (Å²) in [6, 6.07) is 9.72. The highest BCUT2D eigenvalue weighted by atomic mass is 14.9. The van der Waals surface area contributed by atoms with Crippen LogP contribution in [0.25, 0.3) is 0 Å². The van der Waals surface area contributed by atoms with Gasteiger partial charge in [-0.2, -0.15) is 0 Å². The average Bonchev–Trinajstić information content (AvgIpc) is 2.42. The SMILES string of the molecule is CCCNC(CC(C)CC)c1ccccc1C1CCC1. The molecule has 0 aliphatic heterocycles. The van der Waals surface area contributed by atoms with E-state index >= 15 is 0 Å². The van der Waals surface area contributed by atoms with Crippen molar-refractivity contribution < 1.29 is 0 Å². The summed E-state index contributed by atoms with van der Waals surface area (Å²) in [5.41, 5.74) is 3.20. The number of rotatable bonds is 8. The van der Waals surface area contributed by atoms with Gasteiger partial charge >= 0.3 is 0 Å². The molecule has 1 aromatic rings. The third-order valence-corrected chi connectivity index (χ3v) is 4.89. The van der Waals surface area contributed by atoms with Crippen molar-refractivity contribution in [1.82, 2.24) is 5.32 Å². The first-order valence-corrected chi connectivity index (χ1v) is 8.58. The van der Waals surface area contributed by atoms with Gasteiger partial charge in [-0.25, -0.2) is 0 Å². The molecule has 0 bridgehead atoms. The molecule has 112 valence electrons. The van der Waals surface area contributed by atoms with Gasteiger partial charge < -0.3 is 5.32 Å². The Balaban J connectivity index is 2.17. The molecule has 0 radical (unpaired) electrons. The van der Waals surface area contributed by atoms with E-state index in [1.807, 2.05) is 0 Å². The zero-order chi connectivity index (χ0) is 14.4. The first-order valence-electron chi connectivity index (χ1n) is 8.58. The Bertz CT molecular complexity index is 395. The van der Waals surface area contributed by atoms with Crippen molar-refractivity contribution in [2.75, 3.05) is 6.54 Å². The molecule has 2 unspecified atom stereocenters. The lowest BCUT2D eigenvalue weighted by Crippen LogP contribution is -2.26. The highest BCUT2D eigenvalue weighted by Crippen LogP contribution is 2.40. The van der Waals surface area contributed by atoms with Crippen LogP contribution in [0.4, 0.5) is 0 Å². The lowest BCUT2D eigenvalue weighted by atomic mass is 9.76. The highest BCUT2D eigenvalue weighted by Gasteiger charge is 2.25. The van der Waals surface area contributed by atoms with Crippen molar-refractivity contribution in [3.8, 4) is 0 Å². The van der Waals surface area contributed by atoms with Crippen LogP contribution in [-0.4, -0.2) is 6.54 Å². The fourth-order valence-electron chi connectivity index (χ4n) is 3.13. The minimum Gasteiger partial charge on any atom is -0.310 e. The maximum Gasteiger partial charge on any atom is 0.0325 e. The Morgan fingerprint density at radius 1 is 1.20 bits per heavy atom. The predicted molar refractivity (Wildman–Crippen MR) is 88.1 cm³/mol. The molecule has 0 saturated heterocycles. The van der Waals surface area contributed by atoms with Crippen LogP contribution >= 0.6 is 0 Å². The minimum atomic E-state index is 0.543. The van der Waals surface area contributed by atoms with E-state index in [1.54, 1.807) is 11.1 Å². The van der Waals surface area contributed by atoms with E-state index in [2.05, 4.69) is 50.4 Å². The van der Waals surface area contributed by atoms with Crippen LogP contribution in [0.2, 0.25) is 0 Å². The van der Waals surface area contributed by atoms with E-state index in [0.717, 1.165) is 18.4 Å². The molecule has 1 fully saturated rings. The van der Waals surface area contributed by atoms with Crippen molar-refractivity contribution in [2.45, 2.75) is 71.3 Å². The van der Waals surface area contributed by atoms with E-state index < -0.39 is 0 Å². The topological polar surface area (TPSA) is 12.0 Å². The Labute approximate surface area is 125 Å². The summed E-state index contributed by atoms with van der Waals surface area (Å²) in [6.45, 7) is 8.07. The molecule has 1 nitrogen and oxygen atoms in total. The van der Waals surface area contributed by atoms with E-state index in [0.29, 0.717) is 6.04 Å². The summed E-state index contributed by atoms with van der Waals surface area (Å²) in [5, 5.41) is 3.79. The second kappa shape index (κ2) is 7.83. The third-order valence-electron chi connectivity index (χ3n) is 4.89. The molecule has 2 rings (SSSR count). The second-order valence-electron chi connectivity index (χ2n) is 6.51. The lowest BCUT2D eigenvalue weighted by molar-refractivity contribution is 0.383. The van der Waals surface area contributed by atoms with Gasteiger partial charge in [0.1, 0.15) is 0 Å². The largest absolute Gasteiger partial charge is 0.310 e. The summed E-state index contributed by atoms with van der Waals surface area (Å²) in [5.74, 6) is 1.62. The molecule has 1 aliphatic carbocycles. The molecule has 1 N–H and O–H groups in total. The fourth-order valence-corrected chi connectivity index (χ4v) is 3.13. The predicted octanol–water partition coefficient (Wildman–Crippen LogP) is 5.43. The standard InChI is InChI=1S/C19H31N/c1-4-13-20-19(14-15(3)5-2)18-12-7-6-11-17(18)16-9-8-10-16/h6-7,11-12,15-16,19-20H,4-5,8-10,13-14H2,1-3H3. The Morgan fingerprint density at radius 3 is 2.55 bits per heavy atom. The van der Waals surface area contributed by atoms with E-state index in [-0.39, 0.29) is 0 Å². The smallest absolute Gasteiger partial charge is 0.0325 e. The molecule has 0 heterocycles. The number of nitrogens with one attached hydrogen (secondary N) is 1. The Morgan fingerprint density at radius 2 is 1.95 bits per heavy atom. The van der Waals surface area contributed by atoms with Gasteiger partial charge in [0, 0.05) is 6.04 Å². The van der Waals surface area contributed by atoms with Crippen molar-refractivity contribution in [2.24, 2.45) is 5.92 Å². The molecule has 1 heteroatoms. The fraction of sp³-hybridized carbons (Fsp3) is 0.684. The van der Waals surface area contributed by atoms with Crippen molar-refractivity contribution in [3.63, 3.8) is 0 Å². The van der Waals surface area contributed by atoms with Gasteiger partial charge in [0.15, 0.2) is 0 Å². The Hall–Kier alpha value is -0.820. The van der Waals surface area contributed by atoms with Crippen LogP contribution in [0.15, 0.2) is 24.3 Å². The number of hydrogen-bond acceptors (Lipinski definition) is 1. The molecule has 0 spiro atoms. The summed E-state index contributed by atoms with van der Waals surface area (Å²) >= 11 is 0. The van der Waals surface area contributed by atoms with Gasteiger partial charge in [-0.05, 0) is 55.2 Å². The molecule has 0 aromatic heterocycles. The van der Waals surface area contributed by atoms with Crippen LogP contribution in [0.5, 0.6) is 0 Å². The van der Waals surface area contributed by atoms with Gasteiger partial charge in [0.2, 0.25) is 0 Å². The molecule has 20 heavy (non-hydrogen) atoms. The molecular formula is C19H31N. The zero-order valence-electron chi connectivity index (χ0n) is 13.5. The molecule has 0 amide bonds. The minimum absolute atomic E-state index is 0.543. The van der Waals surface area contributed by atoms with Gasteiger partial charge in [-0.1, -0.05) is 57.9 Å². The van der Waals surface area contributed by atoms with E-state index in [1.165, 1.54) is 38.5 Å². The molecule has 2 atom stereocenters. The van der Waals surface area contributed by atoms with Crippen molar-refractivity contribution >= 4 is 0 Å². The van der Waals surface area contributed by atoms with Gasteiger partial charge in [0.25, 0.3) is 0 Å². The molecule has 1 aliphatic rings. The van der Waals surface area contributed by atoms with Crippen molar-refractivity contribution in [3.05, 3.63) is 35.4 Å². The van der Waals surface area contributed by atoms with Crippen LogP contribution in [0.3, 0.4) is 0 Å². The van der Waals surface area contributed by atoms with Gasteiger partial charge in [-0.15, -0.1) is 0 Å². The zero-order valence-corrected chi connectivity index (χ0v) is 13.5. The Kier molecular flexibility index (Phi) is 6.09. The van der Waals surface area contributed by atoms with Gasteiger partial charge in [0.05, 0.1) is 0 Å². The monoisotopic (exact) mass is 273 g/mol. The van der Waals surface area contributed by atoms with Crippen molar-refractivity contribution in [1.29, 1.82) is 0 Å². The summed E-state index contributed by atoms with van der Waals surface area (Å²) in [7, 11) is 0. The first kappa shape index (κ1) is 15.6. The number of hydrogen-bond donors (Lipinski definition) is 1. The first-order chi connectivity index (χ1) is 9.76. The third kappa shape index (κ3) is 3.85. The highest BCUT2D eigenvalue weighted by molar-refractivity contribution is 5.34. The summed E-state index contributed by atoms with van der Waals surface area (Å²) < 4.78 is 0. The molecular weight excluding hydrogens is 242 g/mol. The van der Waals surface area contributed by atoms with E-state index in [4.69, 9.17) is 0 Å². The van der Waals surface area contributed by atoms with Crippen LogP contribution in [0, 0.1) is 5.92 Å². The summed E-state index contributed by atoms with van der Waals surface area (Å²) in [6.07, 6.45) is 7.94. The normalized spacial score (nSPS) is 18.6. The average molecular weight is 273 g/mol. The molecule has 1 aromatic carbocycles.